The van der Waals surface area contributed by atoms with Gasteiger partial charge in [0, 0.05) is 25.2 Å². The molecule has 0 spiro atoms. The van der Waals surface area contributed by atoms with E-state index in [4.69, 9.17) is 5.11 Å². The normalized spacial score (nSPS) is 30.2. The number of hydrogen-bond donors (Lipinski definition) is 2. The lowest BCUT2D eigenvalue weighted by Crippen LogP contribution is -2.53. The molecule has 0 aromatic rings. The van der Waals surface area contributed by atoms with Gasteiger partial charge in [-0.2, -0.15) is 0 Å². The van der Waals surface area contributed by atoms with Gasteiger partial charge in [0.2, 0.25) is 0 Å². The fraction of sp³-hybridized carbons (Fsp3) is 0.867. The molecule has 1 aliphatic heterocycles. The second-order valence-electron chi connectivity index (χ2n) is 6.54. The molecule has 0 aromatic carbocycles. The van der Waals surface area contributed by atoms with Crippen molar-refractivity contribution in [3.8, 4) is 0 Å². The van der Waals surface area contributed by atoms with E-state index in [1.54, 1.807) is 0 Å². The summed E-state index contributed by atoms with van der Waals surface area (Å²) in [5, 5.41) is 12.1. The lowest BCUT2D eigenvalue weighted by Gasteiger charge is -2.37. The molecule has 1 atom stereocenters. The van der Waals surface area contributed by atoms with Gasteiger partial charge in [0.25, 0.3) is 0 Å². The lowest BCUT2D eigenvalue weighted by molar-refractivity contribution is -0.142. The third kappa shape index (κ3) is 4.33. The van der Waals surface area contributed by atoms with Crippen LogP contribution in [0, 0.1) is 5.92 Å². The molecule has 2 amide bonds. The monoisotopic (exact) mass is 297 g/mol. The van der Waals surface area contributed by atoms with Crippen LogP contribution in [0.4, 0.5) is 4.79 Å². The summed E-state index contributed by atoms with van der Waals surface area (Å²) < 4.78 is 0. The SMILES string of the molecule is CN(C)C1CCCN(C(=O)NC2CCC(C(=O)O)CC2)C1. The Morgan fingerprint density at radius 3 is 2.38 bits per heavy atom. The molecule has 2 fully saturated rings. The van der Waals surface area contributed by atoms with E-state index in [0.717, 1.165) is 38.8 Å². The van der Waals surface area contributed by atoms with Crippen molar-refractivity contribution in [2.45, 2.75) is 50.6 Å². The largest absolute Gasteiger partial charge is 0.481 e. The van der Waals surface area contributed by atoms with Crippen LogP contribution in [0.1, 0.15) is 38.5 Å². The van der Waals surface area contributed by atoms with Crippen LogP contribution >= 0.6 is 0 Å². The average Bonchev–Trinajstić information content (AvgIpc) is 2.48. The molecule has 21 heavy (non-hydrogen) atoms. The first kappa shape index (κ1) is 16.1. The van der Waals surface area contributed by atoms with E-state index < -0.39 is 5.97 Å². The van der Waals surface area contributed by atoms with Gasteiger partial charge in [-0.3, -0.25) is 4.79 Å². The Morgan fingerprint density at radius 1 is 1.14 bits per heavy atom. The highest BCUT2D eigenvalue weighted by Gasteiger charge is 2.29. The third-order valence-electron chi connectivity index (χ3n) is 4.82. The van der Waals surface area contributed by atoms with E-state index in [1.807, 2.05) is 4.90 Å². The molecule has 2 aliphatic rings. The Bertz CT molecular complexity index is 378. The minimum Gasteiger partial charge on any atom is -0.481 e. The van der Waals surface area contributed by atoms with Crippen molar-refractivity contribution in [1.29, 1.82) is 0 Å². The zero-order valence-corrected chi connectivity index (χ0v) is 13.0. The minimum atomic E-state index is -0.704. The van der Waals surface area contributed by atoms with Gasteiger partial charge in [-0.1, -0.05) is 0 Å². The number of hydrogen-bond acceptors (Lipinski definition) is 3. The number of piperidine rings is 1. The molecule has 2 N–H and O–H groups in total. The van der Waals surface area contributed by atoms with Crippen molar-refractivity contribution in [1.82, 2.24) is 15.1 Å². The second kappa shape index (κ2) is 7.11. The molecular formula is C15H27N3O3. The van der Waals surface area contributed by atoms with Crippen molar-refractivity contribution in [2.75, 3.05) is 27.2 Å². The lowest BCUT2D eigenvalue weighted by atomic mass is 9.86. The first-order valence-corrected chi connectivity index (χ1v) is 7.92. The zero-order valence-electron chi connectivity index (χ0n) is 13.0. The first-order chi connectivity index (χ1) is 9.97. The minimum absolute atomic E-state index is 0.0142. The van der Waals surface area contributed by atoms with E-state index >= 15 is 0 Å². The predicted molar refractivity (Wildman–Crippen MR) is 80.2 cm³/mol. The van der Waals surface area contributed by atoms with Crippen LogP contribution in [0.15, 0.2) is 0 Å². The van der Waals surface area contributed by atoms with Gasteiger partial charge in [0.15, 0.2) is 0 Å². The summed E-state index contributed by atoms with van der Waals surface area (Å²) >= 11 is 0. The molecule has 0 radical (unpaired) electrons. The molecule has 1 saturated carbocycles. The maximum Gasteiger partial charge on any atom is 0.317 e. The molecule has 1 saturated heterocycles. The highest BCUT2D eigenvalue weighted by Crippen LogP contribution is 2.24. The number of aliphatic carboxylic acids is 1. The van der Waals surface area contributed by atoms with Crippen molar-refractivity contribution in [2.24, 2.45) is 5.92 Å². The summed E-state index contributed by atoms with van der Waals surface area (Å²) in [6.07, 6.45) is 5.06. The third-order valence-corrected chi connectivity index (χ3v) is 4.82. The zero-order chi connectivity index (χ0) is 15.4. The van der Waals surface area contributed by atoms with E-state index in [2.05, 4.69) is 24.3 Å². The number of nitrogens with zero attached hydrogens (tertiary/aromatic N) is 2. The van der Waals surface area contributed by atoms with Crippen molar-refractivity contribution >= 4 is 12.0 Å². The van der Waals surface area contributed by atoms with Crippen molar-refractivity contribution in [3.63, 3.8) is 0 Å². The Kier molecular flexibility index (Phi) is 5.45. The van der Waals surface area contributed by atoms with Gasteiger partial charge in [-0.05, 0) is 52.6 Å². The molecular weight excluding hydrogens is 270 g/mol. The van der Waals surface area contributed by atoms with E-state index in [0.29, 0.717) is 18.9 Å². The first-order valence-electron chi connectivity index (χ1n) is 7.92. The maximum absolute atomic E-state index is 12.3. The molecule has 120 valence electrons. The van der Waals surface area contributed by atoms with Crippen LogP contribution in [0.5, 0.6) is 0 Å². The summed E-state index contributed by atoms with van der Waals surface area (Å²) in [6.45, 7) is 1.60. The van der Waals surface area contributed by atoms with E-state index in [9.17, 15) is 9.59 Å². The van der Waals surface area contributed by atoms with Crippen LogP contribution in [0.2, 0.25) is 0 Å². The highest BCUT2D eigenvalue weighted by atomic mass is 16.4. The summed E-state index contributed by atoms with van der Waals surface area (Å²) in [5.41, 5.74) is 0. The molecule has 1 unspecified atom stereocenters. The van der Waals surface area contributed by atoms with Crippen molar-refractivity contribution in [3.05, 3.63) is 0 Å². The quantitative estimate of drug-likeness (QED) is 0.825. The molecule has 0 aromatic heterocycles. The van der Waals surface area contributed by atoms with Gasteiger partial charge in [-0.15, -0.1) is 0 Å². The number of carbonyl (C=O) groups is 2. The number of likely N-dealkylation sites (tertiary alicyclic amines) is 1. The van der Waals surface area contributed by atoms with Gasteiger partial charge >= 0.3 is 12.0 Å². The predicted octanol–water partition coefficient (Wildman–Crippen LogP) is 1.37. The fourth-order valence-electron chi connectivity index (χ4n) is 3.31. The highest BCUT2D eigenvalue weighted by molar-refractivity contribution is 5.75. The summed E-state index contributed by atoms with van der Waals surface area (Å²) in [6, 6.07) is 0.584. The number of carboxylic acid groups (broad SMARTS) is 1. The summed E-state index contributed by atoms with van der Waals surface area (Å²) in [7, 11) is 4.11. The smallest absolute Gasteiger partial charge is 0.317 e. The Morgan fingerprint density at radius 2 is 1.81 bits per heavy atom. The van der Waals surface area contributed by atoms with E-state index in [-0.39, 0.29) is 18.0 Å². The van der Waals surface area contributed by atoms with Crippen LogP contribution in [-0.2, 0) is 4.79 Å². The molecule has 0 bridgehead atoms. The van der Waals surface area contributed by atoms with E-state index in [1.165, 1.54) is 0 Å². The molecule has 1 aliphatic carbocycles. The number of amides is 2. The summed E-state index contributed by atoms with van der Waals surface area (Å²) in [4.78, 5) is 27.3. The molecule has 6 heteroatoms. The number of rotatable bonds is 3. The Labute approximate surface area is 126 Å². The number of carbonyl (C=O) groups excluding carboxylic acids is 1. The topological polar surface area (TPSA) is 72.9 Å². The standard InChI is InChI=1S/C15H27N3O3/c1-17(2)13-4-3-9-18(10-13)15(21)16-12-7-5-11(6-8-12)14(19)20/h11-13H,3-10H2,1-2H3,(H,16,21)(H,19,20). The number of nitrogens with one attached hydrogen (secondary N) is 1. The van der Waals surface area contributed by atoms with Crippen molar-refractivity contribution < 1.29 is 14.7 Å². The summed E-state index contributed by atoms with van der Waals surface area (Å²) in [5.74, 6) is -0.934. The molecule has 6 nitrogen and oxygen atoms in total. The maximum atomic E-state index is 12.3. The number of carboxylic acids is 1. The van der Waals surface area contributed by atoms with Crippen LogP contribution < -0.4 is 5.32 Å². The van der Waals surface area contributed by atoms with Gasteiger partial charge < -0.3 is 20.2 Å². The Hall–Kier alpha value is -1.30. The van der Waals surface area contributed by atoms with Gasteiger partial charge in [0.1, 0.15) is 0 Å². The van der Waals surface area contributed by atoms with Gasteiger partial charge in [0.05, 0.1) is 5.92 Å². The second-order valence-corrected chi connectivity index (χ2v) is 6.54. The van der Waals surface area contributed by atoms with Gasteiger partial charge in [-0.25, -0.2) is 4.79 Å². The fourth-order valence-corrected chi connectivity index (χ4v) is 3.31. The average molecular weight is 297 g/mol. The van der Waals surface area contributed by atoms with Crippen LogP contribution in [0.3, 0.4) is 0 Å². The Balaban J connectivity index is 1.78. The van der Waals surface area contributed by atoms with Crippen LogP contribution in [-0.4, -0.2) is 66.2 Å². The van der Waals surface area contributed by atoms with Crippen LogP contribution in [0.25, 0.3) is 0 Å². The molecule has 2 rings (SSSR count). The molecule has 1 heterocycles. The number of urea groups is 1. The number of likely N-dealkylation sites (N-methyl/N-ethyl adjacent to an activating group) is 1.